The van der Waals surface area contributed by atoms with Crippen LogP contribution in [-0.4, -0.2) is 75.2 Å². The fourth-order valence-electron chi connectivity index (χ4n) is 4.02. The molecule has 31 heavy (non-hydrogen) atoms. The second-order valence-electron chi connectivity index (χ2n) is 7.74. The number of ether oxygens (including phenoxy) is 3. The van der Waals surface area contributed by atoms with Crippen molar-refractivity contribution in [3.8, 4) is 11.3 Å². The second-order valence-corrected chi connectivity index (χ2v) is 7.74. The van der Waals surface area contributed by atoms with Crippen LogP contribution in [0.15, 0.2) is 28.8 Å². The molecule has 8 nitrogen and oxygen atoms in total. The summed E-state index contributed by atoms with van der Waals surface area (Å²) in [5.41, 5.74) is 1.42. The van der Waals surface area contributed by atoms with Gasteiger partial charge in [-0.15, -0.1) is 0 Å². The van der Waals surface area contributed by atoms with Gasteiger partial charge in [-0.1, -0.05) is 17.3 Å². The number of aromatic nitrogens is 1. The van der Waals surface area contributed by atoms with Crippen molar-refractivity contribution in [3.63, 3.8) is 0 Å². The largest absolute Gasteiger partial charge is 0.378 e. The van der Waals surface area contributed by atoms with Gasteiger partial charge in [-0.25, -0.2) is 4.39 Å². The summed E-state index contributed by atoms with van der Waals surface area (Å²) in [5, 5.41) is 4.21. The van der Waals surface area contributed by atoms with Crippen LogP contribution < -0.4 is 4.90 Å². The van der Waals surface area contributed by atoms with E-state index in [1.807, 2.05) is 4.90 Å². The molecule has 2 aliphatic heterocycles. The van der Waals surface area contributed by atoms with E-state index in [4.69, 9.17) is 18.7 Å². The maximum Gasteiger partial charge on any atom is 0.248 e. The van der Waals surface area contributed by atoms with E-state index in [1.165, 1.54) is 13.2 Å². The molecule has 2 aliphatic rings. The van der Waals surface area contributed by atoms with Crippen LogP contribution in [0.4, 0.5) is 10.3 Å². The van der Waals surface area contributed by atoms with Crippen LogP contribution in [0.25, 0.3) is 11.3 Å². The molecule has 1 amide bonds. The number of morpholine rings is 1. The van der Waals surface area contributed by atoms with Gasteiger partial charge >= 0.3 is 0 Å². The Morgan fingerprint density at radius 3 is 2.81 bits per heavy atom. The van der Waals surface area contributed by atoms with Crippen LogP contribution in [0.3, 0.4) is 0 Å². The molecular formula is C22H28FN3O5. The summed E-state index contributed by atoms with van der Waals surface area (Å²) in [6.45, 7) is 3.72. The first-order chi connectivity index (χ1) is 15.2. The van der Waals surface area contributed by atoms with Crippen molar-refractivity contribution in [3.05, 3.63) is 35.6 Å². The number of hydrogen-bond acceptors (Lipinski definition) is 7. The zero-order valence-electron chi connectivity index (χ0n) is 17.7. The molecule has 168 valence electrons. The monoisotopic (exact) mass is 433 g/mol. The van der Waals surface area contributed by atoms with Crippen molar-refractivity contribution in [2.45, 2.75) is 25.5 Å². The maximum absolute atomic E-state index is 14.6. The lowest BCUT2D eigenvalue weighted by Crippen LogP contribution is -2.40. The van der Waals surface area contributed by atoms with Gasteiger partial charge in [-0.2, -0.15) is 0 Å². The fourth-order valence-corrected chi connectivity index (χ4v) is 4.02. The highest BCUT2D eigenvalue weighted by atomic mass is 19.1. The Kier molecular flexibility index (Phi) is 7.16. The minimum absolute atomic E-state index is 0.0237. The molecule has 0 spiro atoms. The molecule has 0 radical (unpaired) electrons. The summed E-state index contributed by atoms with van der Waals surface area (Å²) < 4.78 is 36.6. The minimum Gasteiger partial charge on any atom is -0.378 e. The van der Waals surface area contributed by atoms with E-state index in [0.717, 1.165) is 12.8 Å². The molecule has 0 aliphatic carbocycles. The van der Waals surface area contributed by atoms with Crippen molar-refractivity contribution >= 4 is 11.8 Å². The summed E-state index contributed by atoms with van der Waals surface area (Å²) in [4.78, 5) is 16.6. The van der Waals surface area contributed by atoms with Crippen LogP contribution >= 0.6 is 0 Å². The van der Waals surface area contributed by atoms with Gasteiger partial charge in [-0.05, 0) is 25.0 Å². The first kappa shape index (κ1) is 21.7. The lowest BCUT2D eigenvalue weighted by molar-refractivity contribution is -0.137. The standard InChI is InChI=1S/C22H28FN3O5/c1-28-15-20(27)26(13-16-5-4-10-30-16)14-18-21(17-6-2-3-7-19(17)23)24-31-22(18)25-8-11-29-12-9-25/h2-3,6-7,16H,4-5,8-15H2,1H3/t16-/m1/s1. The number of nitrogens with zero attached hydrogens (tertiary/aromatic N) is 3. The number of carbonyl (C=O) groups is 1. The van der Waals surface area contributed by atoms with Gasteiger partial charge in [0.15, 0.2) is 0 Å². The Morgan fingerprint density at radius 1 is 1.29 bits per heavy atom. The molecule has 9 heteroatoms. The summed E-state index contributed by atoms with van der Waals surface area (Å²) in [7, 11) is 1.49. The number of hydrogen-bond donors (Lipinski definition) is 0. The smallest absolute Gasteiger partial charge is 0.248 e. The predicted molar refractivity (Wildman–Crippen MR) is 111 cm³/mol. The second kappa shape index (κ2) is 10.2. The van der Waals surface area contributed by atoms with Crippen LogP contribution in [0.5, 0.6) is 0 Å². The van der Waals surface area contributed by atoms with E-state index >= 15 is 0 Å². The molecule has 3 heterocycles. The van der Waals surface area contributed by atoms with Gasteiger partial charge in [0, 0.05) is 38.9 Å². The van der Waals surface area contributed by atoms with E-state index in [0.29, 0.717) is 62.2 Å². The van der Waals surface area contributed by atoms with Crippen LogP contribution in [0, 0.1) is 5.82 Å². The van der Waals surface area contributed by atoms with E-state index in [9.17, 15) is 9.18 Å². The third-order valence-electron chi connectivity index (χ3n) is 5.61. The van der Waals surface area contributed by atoms with Crippen LogP contribution in [0.1, 0.15) is 18.4 Å². The molecule has 1 aromatic carbocycles. The molecule has 2 saturated heterocycles. The highest BCUT2D eigenvalue weighted by Crippen LogP contribution is 2.34. The normalized spacial score (nSPS) is 19.0. The van der Waals surface area contributed by atoms with E-state index in [1.54, 1.807) is 23.1 Å². The zero-order chi connectivity index (χ0) is 21.6. The van der Waals surface area contributed by atoms with E-state index < -0.39 is 0 Å². The fraction of sp³-hybridized carbons (Fsp3) is 0.545. The van der Waals surface area contributed by atoms with Crippen molar-refractivity contribution < 1.29 is 27.9 Å². The number of carbonyl (C=O) groups excluding carboxylic acids is 1. The maximum atomic E-state index is 14.6. The number of rotatable bonds is 8. The molecule has 0 saturated carbocycles. The number of anilines is 1. The predicted octanol–water partition coefficient (Wildman–Crippen LogP) is 2.47. The lowest BCUT2D eigenvalue weighted by Gasteiger charge is -2.29. The molecule has 2 aromatic rings. The third kappa shape index (κ3) is 5.06. The molecule has 2 fully saturated rings. The number of halogens is 1. The highest BCUT2D eigenvalue weighted by molar-refractivity contribution is 5.78. The molecule has 4 rings (SSSR count). The van der Waals surface area contributed by atoms with Crippen molar-refractivity contribution in [1.82, 2.24) is 10.1 Å². The zero-order valence-corrected chi connectivity index (χ0v) is 17.7. The van der Waals surface area contributed by atoms with Crippen molar-refractivity contribution in [2.75, 3.05) is 58.1 Å². The first-order valence-corrected chi connectivity index (χ1v) is 10.6. The quantitative estimate of drug-likeness (QED) is 0.633. The van der Waals surface area contributed by atoms with Crippen LogP contribution in [0.2, 0.25) is 0 Å². The highest BCUT2D eigenvalue weighted by Gasteiger charge is 2.30. The summed E-state index contributed by atoms with van der Waals surface area (Å²) >= 11 is 0. The summed E-state index contributed by atoms with van der Waals surface area (Å²) in [6.07, 6.45) is 1.85. The third-order valence-corrected chi connectivity index (χ3v) is 5.61. The van der Waals surface area contributed by atoms with Gasteiger partial charge in [0.1, 0.15) is 18.1 Å². The molecule has 0 bridgehead atoms. The van der Waals surface area contributed by atoms with Gasteiger partial charge in [0.2, 0.25) is 11.8 Å². The number of methoxy groups -OCH3 is 1. The van der Waals surface area contributed by atoms with Crippen LogP contribution in [-0.2, 0) is 25.5 Å². The van der Waals surface area contributed by atoms with Gasteiger partial charge in [-0.3, -0.25) is 4.79 Å². The summed E-state index contributed by atoms with van der Waals surface area (Å²) in [5.74, 6) is -0.00445. The van der Waals surface area contributed by atoms with Crippen molar-refractivity contribution in [1.29, 1.82) is 0 Å². The Balaban J connectivity index is 1.69. The van der Waals surface area contributed by atoms with E-state index in [2.05, 4.69) is 5.16 Å². The van der Waals surface area contributed by atoms with Crippen molar-refractivity contribution in [2.24, 2.45) is 0 Å². The molecule has 0 unspecified atom stereocenters. The molecular weight excluding hydrogens is 405 g/mol. The summed E-state index contributed by atoms with van der Waals surface area (Å²) in [6, 6.07) is 6.45. The van der Waals surface area contributed by atoms with Gasteiger partial charge in [0.25, 0.3) is 0 Å². The van der Waals surface area contributed by atoms with Gasteiger partial charge in [0.05, 0.1) is 31.4 Å². The SMILES string of the molecule is COCC(=O)N(Cc1c(-c2ccccc2F)noc1N1CCOCC1)C[C@H]1CCCO1. The van der Waals surface area contributed by atoms with E-state index in [-0.39, 0.29) is 31.0 Å². The average molecular weight is 433 g/mol. The lowest BCUT2D eigenvalue weighted by atomic mass is 10.1. The Bertz CT molecular complexity index is 878. The molecule has 0 N–H and O–H groups in total. The Hall–Kier alpha value is -2.49. The molecule has 1 atom stereocenters. The van der Waals surface area contributed by atoms with Gasteiger partial charge < -0.3 is 28.5 Å². The number of benzene rings is 1. The molecule has 1 aromatic heterocycles. The Labute approximate surface area is 180 Å². The topological polar surface area (TPSA) is 77.3 Å². The first-order valence-electron chi connectivity index (χ1n) is 10.6. The Morgan fingerprint density at radius 2 is 2.10 bits per heavy atom. The minimum atomic E-state index is -0.389. The average Bonchev–Trinajstić information content (AvgIpc) is 3.44. The number of amides is 1.